The summed E-state index contributed by atoms with van der Waals surface area (Å²) in [5, 5.41) is 0. The topological polar surface area (TPSA) is 9.23 Å². The van der Waals surface area contributed by atoms with E-state index in [1.807, 2.05) is 6.26 Å². The molecule has 0 rings (SSSR count). The van der Waals surface area contributed by atoms with Crippen LogP contribution in [0.2, 0.25) is 0 Å². The largest absolute Gasteiger partial charge is 0.499 e. The van der Waals surface area contributed by atoms with E-state index >= 15 is 0 Å². The monoisotopic (exact) mass is 170 g/mol. The number of rotatable bonds is 6. The second-order valence-corrected chi connectivity index (χ2v) is 3.42. The van der Waals surface area contributed by atoms with Crippen molar-refractivity contribution < 1.29 is 4.74 Å². The zero-order valence-electron chi connectivity index (χ0n) is 8.89. The standard InChI is InChI=1S/C11H22O/c1-5-7-8-11(6-2)9-12-10(3)4/h9-10H,5-8H2,1-4H3. The van der Waals surface area contributed by atoms with Gasteiger partial charge < -0.3 is 4.74 Å². The molecule has 0 atom stereocenters. The van der Waals surface area contributed by atoms with Gasteiger partial charge in [0, 0.05) is 0 Å². The molecule has 0 N–H and O–H groups in total. The molecule has 0 fully saturated rings. The van der Waals surface area contributed by atoms with Crippen LogP contribution >= 0.6 is 0 Å². The Kier molecular flexibility index (Phi) is 6.93. The first-order valence-electron chi connectivity index (χ1n) is 5.04. The maximum Gasteiger partial charge on any atom is 0.0922 e. The summed E-state index contributed by atoms with van der Waals surface area (Å²) < 4.78 is 5.43. The highest BCUT2D eigenvalue weighted by atomic mass is 16.5. The summed E-state index contributed by atoms with van der Waals surface area (Å²) >= 11 is 0. The molecule has 0 heterocycles. The highest BCUT2D eigenvalue weighted by Gasteiger charge is 1.95. The van der Waals surface area contributed by atoms with Gasteiger partial charge in [0.15, 0.2) is 0 Å². The number of allylic oxidation sites excluding steroid dienone is 1. The van der Waals surface area contributed by atoms with Gasteiger partial charge in [-0.05, 0) is 38.7 Å². The van der Waals surface area contributed by atoms with Gasteiger partial charge in [-0.3, -0.25) is 0 Å². The fraction of sp³-hybridized carbons (Fsp3) is 0.818. The van der Waals surface area contributed by atoms with Crippen LogP contribution in [0.1, 0.15) is 53.4 Å². The average molecular weight is 170 g/mol. The fourth-order valence-electron chi connectivity index (χ4n) is 0.955. The molecule has 0 unspecified atom stereocenters. The van der Waals surface area contributed by atoms with E-state index in [0.717, 1.165) is 6.42 Å². The molecule has 0 saturated heterocycles. The number of ether oxygens (including phenoxy) is 1. The normalized spacial score (nSPS) is 12.2. The zero-order valence-corrected chi connectivity index (χ0v) is 8.89. The van der Waals surface area contributed by atoms with Crippen LogP contribution in [0.25, 0.3) is 0 Å². The van der Waals surface area contributed by atoms with Gasteiger partial charge in [-0.1, -0.05) is 20.3 Å². The molecule has 1 nitrogen and oxygen atoms in total. The Bertz CT molecular complexity index is 125. The van der Waals surface area contributed by atoms with E-state index in [1.165, 1.54) is 24.8 Å². The average Bonchev–Trinajstić information content (AvgIpc) is 2.05. The lowest BCUT2D eigenvalue weighted by atomic mass is 10.1. The molecule has 0 bridgehead atoms. The summed E-state index contributed by atoms with van der Waals surface area (Å²) in [7, 11) is 0. The molecule has 0 aromatic carbocycles. The minimum atomic E-state index is 0.313. The van der Waals surface area contributed by atoms with Crippen LogP contribution in [0.3, 0.4) is 0 Å². The molecule has 0 aliphatic carbocycles. The Morgan fingerprint density at radius 1 is 1.33 bits per heavy atom. The molecule has 0 aliphatic rings. The number of hydrogen-bond donors (Lipinski definition) is 0. The predicted octanol–water partition coefficient (Wildman–Crippen LogP) is 3.90. The van der Waals surface area contributed by atoms with E-state index in [1.54, 1.807) is 0 Å². The van der Waals surface area contributed by atoms with Crippen molar-refractivity contribution >= 4 is 0 Å². The van der Waals surface area contributed by atoms with Crippen LogP contribution in [-0.2, 0) is 4.74 Å². The Labute approximate surface area is 76.8 Å². The lowest BCUT2D eigenvalue weighted by Gasteiger charge is -2.07. The van der Waals surface area contributed by atoms with E-state index < -0.39 is 0 Å². The minimum absolute atomic E-state index is 0.313. The third kappa shape index (κ3) is 6.26. The first kappa shape index (κ1) is 11.5. The maximum absolute atomic E-state index is 5.43. The molecule has 0 aliphatic heterocycles. The molecule has 0 radical (unpaired) electrons. The van der Waals surface area contributed by atoms with Crippen LogP contribution in [0, 0.1) is 0 Å². The Balaban J connectivity index is 3.70. The van der Waals surface area contributed by atoms with Crippen molar-refractivity contribution in [1.82, 2.24) is 0 Å². The third-order valence-corrected chi connectivity index (χ3v) is 1.81. The highest BCUT2D eigenvalue weighted by Crippen LogP contribution is 2.11. The molecule has 0 aromatic heterocycles. The van der Waals surface area contributed by atoms with E-state index in [2.05, 4.69) is 27.7 Å². The molecule has 72 valence electrons. The molecular formula is C11H22O. The van der Waals surface area contributed by atoms with Crippen molar-refractivity contribution in [3.63, 3.8) is 0 Å². The predicted molar refractivity (Wildman–Crippen MR) is 54.1 cm³/mol. The van der Waals surface area contributed by atoms with Gasteiger partial charge in [0.05, 0.1) is 12.4 Å². The fourth-order valence-corrected chi connectivity index (χ4v) is 0.955. The van der Waals surface area contributed by atoms with Gasteiger partial charge in [0.25, 0.3) is 0 Å². The summed E-state index contributed by atoms with van der Waals surface area (Å²) in [5.74, 6) is 0. The second-order valence-electron chi connectivity index (χ2n) is 3.42. The quantitative estimate of drug-likeness (QED) is 0.549. The van der Waals surface area contributed by atoms with Gasteiger partial charge in [0.2, 0.25) is 0 Å². The summed E-state index contributed by atoms with van der Waals surface area (Å²) in [4.78, 5) is 0. The van der Waals surface area contributed by atoms with Gasteiger partial charge in [0.1, 0.15) is 0 Å². The molecule has 0 spiro atoms. The number of unbranched alkanes of at least 4 members (excludes halogenated alkanes) is 1. The molecule has 12 heavy (non-hydrogen) atoms. The molecular weight excluding hydrogens is 148 g/mol. The Morgan fingerprint density at radius 2 is 2.00 bits per heavy atom. The minimum Gasteiger partial charge on any atom is -0.499 e. The van der Waals surface area contributed by atoms with Crippen LogP contribution in [0.15, 0.2) is 11.8 Å². The third-order valence-electron chi connectivity index (χ3n) is 1.81. The Hall–Kier alpha value is -0.460. The van der Waals surface area contributed by atoms with Crippen molar-refractivity contribution in [2.24, 2.45) is 0 Å². The van der Waals surface area contributed by atoms with Crippen molar-refractivity contribution in [3.05, 3.63) is 11.8 Å². The highest BCUT2D eigenvalue weighted by molar-refractivity contribution is 4.96. The van der Waals surface area contributed by atoms with Crippen molar-refractivity contribution in [3.8, 4) is 0 Å². The van der Waals surface area contributed by atoms with E-state index in [-0.39, 0.29) is 0 Å². The summed E-state index contributed by atoms with van der Waals surface area (Å²) in [6.45, 7) is 8.52. The smallest absolute Gasteiger partial charge is 0.0922 e. The maximum atomic E-state index is 5.43. The molecule has 0 saturated carbocycles. The lowest BCUT2D eigenvalue weighted by molar-refractivity contribution is 0.176. The SMILES string of the molecule is CCCCC(=COC(C)C)CC. The van der Waals surface area contributed by atoms with E-state index in [0.29, 0.717) is 6.10 Å². The Morgan fingerprint density at radius 3 is 2.42 bits per heavy atom. The lowest BCUT2D eigenvalue weighted by Crippen LogP contribution is -1.96. The van der Waals surface area contributed by atoms with Crippen molar-refractivity contribution in [1.29, 1.82) is 0 Å². The summed E-state index contributed by atoms with van der Waals surface area (Å²) in [6.07, 6.45) is 7.11. The zero-order chi connectivity index (χ0) is 9.40. The first-order chi connectivity index (χ1) is 5.70. The summed E-state index contributed by atoms with van der Waals surface area (Å²) in [6, 6.07) is 0. The second kappa shape index (κ2) is 7.20. The van der Waals surface area contributed by atoms with E-state index in [4.69, 9.17) is 4.74 Å². The van der Waals surface area contributed by atoms with Crippen LogP contribution in [0.5, 0.6) is 0 Å². The van der Waals surface area contributed by atoms with Crippen LogP contribution in [0.4, 0.5) is 0 Å². The van der Waals surface area contributed by atoms with Gasteiger partial charge in [-0.2, -0.15) is 0 Å². The van der Waals surface area contributed by atoms with Gasteiger partial charge in [-0.15, -0.1) is 0 Å². The first-order valence-corrected chi connectivity index (χ1v) is 5.04. The van der Waals surface area contributed by atoms with Gasteiger partial charge in [-0.25, -0.2) is 0 Å². The van der Waals surface area contributed by atoms with Crippen molar-refractivity contribution in [2.75, 3.05) is 0 Å². The summed E-state index contributed by atoms with van der Waals surface area (Å²) in [5.41, 5.74) is 1.44. The number of hydrogen-bond acceptors (Lipinski definition) is 1. The molecule has 0 amide bonds. The van der Waals surface area contributed by atoms with E-state index in [9.17, 15) is 0 Å². The molecule has 0 aromatic rings. The van der Waals surface area contributed by atoms with Crippen LogP contribution < -0.4 is 0 Å². The van der Waals surface area contributed by atoms with Crippen molar-refractivity contribution in [2.45, 2.75) is 59.5 Å². The van der Waals surface area contributed by atoms with Crippen LogP contribution in [-0.4, -0.2) is 6.10 Å². The van der Waals surface area contributed by atoms with Gasteiger partial charge >= 0.3 is 0 Å². The molecule has 1 heteroatoms.